The van der Waals surface area contributed by atoms with Gasteiger partial charge in [-0.05, 0) is 19.1 Å². The van der Waals surface area contributed by atoms with Gasteiger partial charge in [-0.3, -0.25) is 0 Å². The molecule has 0 aromatic heterocycles. The number of aromatic hydroxyl groups is 2. The summed E-state index contributed by atoms with van der Waals surface area (Å²) in [4.78, 5) is 10.1. The predicted molar refractivity (Wildman–Crippen MR) is 44.0 cm³/mol. The molecule has 0 aliphatic rings. The number of nitroso groups, excluding NO2 is 1. The first kappa shape index (κ1) is 8.52. The average Bonchev–Trinajstić information content (AvgIpc) is 2.03. The molecule has 0 aliphatic heterocycles. The van der Waals surface area contributed by atoms with Gasteiger partial charge in [-0.1, -0.05) is 11.2 Å². The summed E-state index contributed by atoms with van der Waals surface area (Å²) in [6.45, 7) is 1.50. The highest BCUT2D eigenvalue weighted by Crippen LogP contribution is 2.33. The van der Waals surface area contributed by atoms with Crippen molar-refractivity contribution in [2.75, 3.05) is 0 Å². The number of phenols is 2. The van der Waals surface area contributed by atoms with Gasteiger partial charge in [0.25, 0.3) is 0 Å². The Hall–Kier alpha value is -1.58. The minimum atomic E-state index is -0.730. The summed E-state index contributed by atoms with van der Waals surface area (Å²) in [7, 11) is 0. The number of benzene rings is 1. The molecule has 1 atom stereocenters. The van der Waals surface area contributed by atoms with Crippen LogP contribution in [0.4, 0.5) is 0 Å². The van der Waals surface area contributed by atoms with Crippen LogP contribution >= 0.6 is 0 Å². The van der Waals surface area contributed by atoms with Crippen LogP contribution in [0.25, 0.3) is 0 Å². The van der Waals surface area contributed by atoms with Crippen LogP contribution in [-0.2, 0) is 0 Å². The van der Waals surface area contributed by atoms with Gasteiger partial charge in [0.05, 0.1) is 5.56 Å². The van der Waals surface area contributed by atoms with Crippen molar-refractivity contribution in [1.82, 2.24) is 0 Å². The van der Waals surface area contributed by atoms with Crippen LogP contribution in [0.1, 0.15) is 18.5 Å². The summed E-state index contributed by atoms with van der Waals surface area (Å²) >= 11 is 0. The quantitative estimate of drug-likeness (QED) is 0.661. The van der Waals surface area contributed by atoms with E-state index in [0.29, 0.717) is 0 Å². The molecule has 2 N–H and O–H groups in total. The molecule has 0 amide bonds. The van der Waals surface area contributed by atoms with Crippen molar-refractivity contribution in [2.24, 2.45) is 5.18 Å². The van der Waals surface area contributed by atoms with E-state index in [9.17, 15) is 15.1 Å². The van der Waals surface area contributed by atoms with Crippen LogP contribution in [0.3, 0.4) is 0 Å². The molecule has 0 heterocycles. The second-order valence-corrected chi connectivity index (χ2v) is 2.49. The maximum atomic E-state index is 10.1. The van der Waals surface area contributed by atoms with E-state index in [1.807, 2.05) is 0 Å². The molecule has 0 fully saturated rings. The van der Waals surface area contributed by atoms with Gasteiger partial charge in [-0.15, -0.1) is 0 Å². The summed E-state index contributed by atoms with van der Waals surface area (Å²) in [5, 5.41) is 21.2. The first-order valence-electron chi connectivity index (χ1n) is 3.50. The molecule has 0 saturated carbocycles. The van der Waals surface area contributed by atoms with Crippen molar-refractivity contribution in [1.29, 1.82) is 0 Å². The molecular formula is C8H9NO3. The molecule has 0 radical (unpaired) electrons. The lowest BCUT2D eigenvalue weighted by Crippen LogP contribution is -1.89. The zero-order valence-electron chi connectivity index (χ0n) is 6.56. The van der Waals surface area contributed by atoms with Gasteiger partial charge < -0.3 is 10.2 Å². The smallest absolute Gasteiger partial charge is 0.124 e. The van der Waals surface area contributed by atoms with Gasteiger partial charge in [-0.2, -0.15) is 4.91 Å². The molecule has 0 aliphatic carbocycles. The predicted octanol–water partition coefficient (Wildman–Crippen LogP) is 1.93. The van der Waals surface area contributed by atoms with Gasteiger partial charge >= 0.3 is 0 Å². The lowest BCUT2D eigenvalue weighted by atomic mass is 10.1. The largest absolute Gasteiger partial charge is 0.507 e. The van der Waals surface area contributed by atoms with Crippen LogP contribution < -0.4 is 0 Å². The Labute approximate surface area is 69.4 Å². The molecule has 1 aromatic rings. The highest BCUT2D eigenvalue weighted by Gasteiger charge is 2.14. The summed E-state index contributed by atoms with van der Waals surface area (Å²) in [5.74, 6) is -0.218. The molecule has 12 heavy (non-hydrogen) atoms. The first-order valence-corrected chi connectivity index (χ1v) is 3.50. The summed E-state index contributed by atoms with van der Waals surface area (Å²) in [6, 6.07) is 3.56. The second-order valence-electron chi connectivity index (χ2n) is 2.49. The fraction of sp³-hybridized carbons (Fsp3) is 0.250. The van der Waals surface area contributed by atoms with Crippen molar-refractivity contribution in [3.8, 4) is 11.5 Å². The number of hydrogen-bond acceptors (Lipinski definition) is 4. The summed E-state index contributed by atoms with van der Waals surface area (Å²) in [6.07, 6.45) is 0. The first-order chi connectivity index (χ1) is 5.66. The van der Waals surface area contributed by atoms with E-state index in [2.05, 4.69) is 5.18 Å². The van der Waals surface area contributed by atoms with E-state index >= 15 is 0 Å². The lowest BCUT2D eigenvalue weighted by molar-refractivity contribution is 0.432. The molecule has 1 rings (SSSR count). The topological polar surface area (TPSA) is 69.9 Å². The third kappa shape index (κ3) is 1.37. The second kappa shape index (κ2) is 3.21. The Morgan fingerprint density at radius 3 is 2.25 bits per heavy atom. The van der Waals surface area contributed by atoms with Gasteiger partial charge in [0.15, 0.2) is 0 Å². The third-order valence-corrected chi connectivity index (χ3v) is 1.64. The minimum Gasteiger partial charge on any atom is -0.507 e. The van der Waals surface area contributed by atoms with Crippen molar-refractivity contribution in [2.45, 2.75) is 13.0 Å². The van der Waals surface area contributed by atoms with Gasteiger partial charge in [0.2, 0.25) is 0 Å². The normalized spacial score (nSPS) is 12.4. The van der Waals surface area contributed by atoms with Crippen LogP contribution in [0.2, 0.25) is 0 Å². The molecule has 4 nitrogen and oxygen atoms in total. The summed E-state index contributed by atoms with van der Waals surface area (Å²) < 4.78 is 0. The monoisotopic (exact) mass is 167 g/mol. The zero-order chi connectivity index (χ0) is 9.14. The van der Waals surface area contributed by atoms with E-state index in [-0.39, 0.29) is 17.1 Å². The Bertz CT molecular complexity index is 278. The number of rotatable bonds is 2. The summed E-state index contributed by atoms with van der Waals surface area (Å²) in [5.41, 5.74) is 0.174. The molecule has 1 unspecified atom stereocenters. The molecule has 4 heteroatoms. The van der Waals surface area contributed by atoms with Crippen LogP contribution in [-0.4, -0.2) is 10.2 Å². The average molecular weight is 167 g/mol. The van der Waals surface area contributed by atoms with E-state index in [4.69, 9.17) is 0 Å². The molecular weight excluding hydrogens is 158 g/mol. The lowest BCUT2D eigenvalue weighted by Gasteiger charge is -2.07. The number of nitrogens with zero attached hydrogens (tertiary/aromatic N) is 1. The van der Waals surface area contributed by atoms with Crippen molar-refractivity contribution in [3.63, 3.8) is 0 Å². The highest BCUT2D eigenvalue weighted by molar-refractivity contribution is 5.44. The van der Waals surface area contributed by atoms with E-state index in [1.54, 1.807) is 0 Å². The molecule has 0 bridgehead atoms. The standard InChI is InChI=1S/C8H9NO3/c1-5(9-12)8-6(10)3-2-4-7(8)11/h2-5,10-11H,1H3. The Kier molecular flexibility index (Phi) is 2.28. The van der Waals surface area contributed by atoms with Gasteiger partial charge in [-0.25, -0.2) is 0 Å². The Morgan fingerprint density at radius 1 is 1.33 bits per heavy atom. The van der Waals surface area contributed by atoms with Crippen LogP contribution in [0.15, 0.2) is 23.4 Å². The molecule has 0 spiro atoms. The zero-order valence-corrected chi connectivity index (χ0v) is 6.56. The van der Waals surface area contributed by atoms with Crippen molar-refractivity contribution >= 4 is 0 Å². The van der Waals surface area contributed by atoms with E-state index < -0.39 is 6.04 Å². The van der Waals surface area contributed by atoms with Crippen molar-refractivity contribution < 1.29 is 10.2 Å². The number of phenolic OH excluding ortho intramolecular Hbond substituents is 2. The molecule has 64 valence electrons. The maximum absolute atomic E-state index is 10.1. The molecule has 1 aromatic carbocycles. The van der Waals surface area contributed by atoms with Gasteiger partial charge in [0, 0.05) is 0 Å². The van der Waals surface area contributed by atoms with E-state index in [0.717, 1.165) is 0 Å². The number of hydrogen-bond donors (Lipinski definition) is 2. The molecule has 0 saturated heterocycles. The Balaban J connectivity index is 3.20. The minimum absolute atomic E-state index is 0.109. The maximum Gasteiger partial charge on any atom is 0.124 e. The van der Waals surface area contributed by atoms with Gasteiger partial charge in [0.1, 0.15) is 17.5 Å². The Morgan fingerprint density at radius 2 is 1.83 bits per heavy atom. The van der Waals surface area contributed by atoms with E-state index in [1.165, 1.54) is 25.1 Å². The van der Waals surface area contributed by atoms with Crippen molar-refractivity contribution in [3.05, 3.63) is 28.7 Å². The SMILES string of the molecule is CC(N=O)c1c(O)cccc1O. The third-order valence-electron chi connectivity index (χ3n) is 1.64. The highest BCUT2D eigenvalue weighted by atomic mass is 16.3. The van der Waals surface area contributed by atoms with Crippen LogP contribution in [0.5, 0.6) is 11.5 Å². The fourth-order valence-electron chi connectivity index (χ4n) is 1.02. The van der Waals surface area contributed by atoms with Crippen LogP contribution in [0, 0.1) is 4.91 Å². The fourth-order valence-corrected chi connectivity index (χ4v) is 1.02.